The van der Waals surface area contributed by atoms with E-state index in [9.17, 15) is 24.0 Å². The summed E-state index contributed by atoms with van der Waals surface area (Å²) in [5.74, 6) is 1.62. The van der Waals surface area contributed by atoms with E-state index < -0.39 is 42.5 Å². The van der Waals surface area contributed by atoms with Crippen molar-refractivity contribution < 1.29 is 47.7 Å². The number of aromatic nitrogens is 4. The number of piperidine rings is 1. The molecule has 0 bridgehead atoms. The van der Waals surface area contributed by atoms with Gasteiger partial charge in [0.2, 0.25) is 18.6 Å². The maximum absolute atomic E-state index is 14.3. The first-order valence-corrected chi connectivity index (χ1v) is 23.8. The first-order chi connectivity index (χ1) is 33.8. The third-order valence-electron chi connectivity index (χ3n) is 13.6. The minimum absolute atomic E-state index is 0.0968. The Kier molecular flexibility index (Phi) is 13.7. The maximum atomic E-state index is 14.3. The number of hydrogen-bond acceptors (Lipinski definition) is 12. The van der Waals surface area contributed by atoms with Gasteiger partial charge in [-0.1, -0.05) is 76.2 Å². The molecule has 5 aromatic rings. The van der Waals surface area contributed by atoms with Gasteiger partial charge in [-0.2, -0.15) is 0 Å². The third-order valence-corrected chi connectivity index (χ3v) is 13.6. The molecule has 0 spiro atoms. The molecule has 0 radical (unpaired) electrons. The van der Waals surface area contributed by atoms with Crippen LogP contribution in [0.2, 0.25) is 0 Å². The molecule has 4 aliphatic heterocycles. The van der Waals surface area contributed by atoms with Crippen molar-refractivity contribution in [2.45, 2.75) is 96.7 Å². The predicted octanol–water partition coefficient (Wildman–Crippen LogP) is 7.47. The lowest BCUT2D eigenvalue weighted by atomic mass is 9.97. The van der Waals surface area contributed by atoms with E-state index in [0.717, 1.165) is 58.3 Å². The predicted molar refractivity (Wildman–Crippen MR) is 255 cm³/mol. The molecule has 4 aliphatic rings. The van der Waals surface area contributed by atoms with E-state index in [0.29, 0.717) is 48.5 Å². The Hall–Kier alpha value is -7.57. The van der Waals surface area contributed by atoms with E-state index in [2.05, 4.69) is 20.6 Å². The van der Waals surface area contributed by atoms with E-state index in [1.807, 2.05) is 99.5 Å². The summed E-state index contributed by atoms with van der Waals surface area (Å²) in [7, 11) is 2.53. The fourth-order valence-electron chi connectivity index (χ4n) is 9.73. The second-order valence-electron chi connectivity index (χ2n) is 18.8. The van der Waals surface area contributed by atoms with E-state index in [1.165, 1.54) is 14.2 Å². The fraction of sp³-hybridized carbons (Fsp3) is 0.431. The Morgan fingerprint density at radius 3 is 1.66 bits per heavy atom. The molecule has 2 saturated heterocycles. The maximum Gasteiger partial charge on any atom is 0.410 e. The number of benzene rings is 3. The van der Waals surface area contributed by atoms with Crippen molar-refractivity contribution in [1.82, 2.24) is 45.3 Å². The molecule has 368 valence electrons. The molecule has 2 fully saturated rings. The van der Waals surface area contributed by atoms with Crippen LogP contribution in [0.25, 0.3) is 33.6 Å². The number of H-pyrrole nitrogens is 2. The molecule has 9 rings (SSSR count). The number of nitrogens with zero attached hydrogens (tertiary/aromatic N) is 5. The second kappa shape index (κ2) is 20.2. The molecule has 2 aromatic heterocycles. The zero-order valence-electron chi connectivity index (χ0n) is 40.2. The van der Waals surface area contributed by atoms with Gasteiger partial charge in [0.1, 0.15) is 29.8 Å². The molecular formula is C51H59N9O10. The van der Waals surface area contributed by atoms with Crippen LogP contribution in [0.3, 0.4) is 0 Å². The van der Waals surface area contributed by atoms with Crippen LogP contribution in [-0.2, 0) is 36.9 Å². The Morgan fingerprint density at radius 2 is 1.16 bits per heavy atom. The molecular weight excluding hydrogens is 899 g/mol. The van der Waals surface area contributed by atoms with Crippen LogP contribution in [0.4, 0.5) is 14.4 Å². The molecule has 6 heterocycles. The molecule has 70 heavy (non-hydrogen) atoms. The van der Waals surface area contributed by atoms with Gasteiger partial charge in [-0.25, -0.2) is 24.4 Å². The minimum atomic E-state index is -0.900. The molecule has 19 heteroatoms. The minimum Gasteiger partial charge on any atom is -0.454 e. The first-order valence-electron chi connectivity index (χ1n) is 23.8. The standard InChI is InChI=1S/C51H59N9O10/c1-28(2)43(56-49(63)66-5)47(61)59-18-8-7-9-39(59)45-52-22-37(54-45)32-14-10-30(11-15-32)31-12-16-33(17-13-31)38-23-53-46(55-38)40-21-36(26-60(40)48(62)44(29(3)4)57-50(64)67-6)70-51(65)58-24-34-19-41-42(69-27-68-41)20-35(34)25-58/h10-17,19-20,22-23,28-29,36,39-40,43-44H,7-9,18,21,24-27H2,1-6H3,(H,52,54)(H,53,55)(H,56,63)(H,57,64)/t36-,39-,40-,43?,44-/m0/s1. The number of amides is 5. The molecule has 5 atom stereocenters. The number of ether oxygens (including phenoxy) is 5. The number of aromatic amines is 2. The smallest absolute Gasteiger partial charge is 0.410 e. The van der Waals surface area contributed by atoms with Crippen molar-refractivity contribution in [3.63, 3.8) is 0 Å². The summed E-state index contributed by atoms with van der Waals surface area (Å²) in [6, 6.07) is 17.5. The van der Waals surface area contributed by atoms with Gasteiger partial charge < -0.3 is 54.1 Å². The lowest BCUT2D eigenvalue weighted by Gasteiger charge is -2.37. The van der Waals surface area contributed by atoms with E-state index in [-0.39, 0.29) is 49.5 Å². The highest BCUT2D eigenvalue weighted by Crippen LogP contribution is 2.40. The van der Waals surface area contributed by atoms with E-state index in [1.54, 1.807) is 16.0 Å². The Labute approximate surface area is 405 Å². The number of imidazole rings is 2. The number of rotatable bonds is 12. The Balaban J connectivity index is 0.875. The lowest BCUT2D eigenvalue weighted by molar-refractivity contribution is -0.138. The number of fused-ring (bicyclic) bond motifs is 2. The number of carbonyl (C=O) groups is 5. The number of nitrogens with one attached hydrogen (secondary N) is 4. The van der Waals surface area contributed by atoms with Crippen molar-refractivity contribution in [3.05, 3.63) is 95.8 Å². The van der Waals surface area contributed by atoms with Crippen LogP contribution >= 0.6 is 0 Å². The monoisotopic (exact) mass is 957 g/mol. The zero-order chi connectivity index (χ0) is 49.2. The topological polar surface area (TPSA) is 223 Å². The molecule has 0 saturated carbocycles. The van der Waals surface area contributed by atoms with Crippen molar-refractivity contribution in [3.8, 4) is 45.1 Å². The van der Waals surface area contributed by atoms with Crippen molar-refractivity contribution >= 4 is 30.1 Å². The molecule has 5 amide bonds. The average molecular weight is 958 g/mol. The number of alkyl carbamates (subject to hydrolysis) is 2. The van der Waals surface area contributed by atoms with Crippen LogP contribution in [0.1, 0.15) is 88.2 Å². The van der Waals surface area contributed by atoms with Gasteiger partial charge in [0.15, 0.2) is 11.5 Å². The molecule has 4 N–H and O–H groups in total. The van der Waals surface area contributed by atoms with Gasteiger partial charge in [-0.3, -0.25) is 14.5 Å². The van der Waals surface area contributed by atoms with Crippen LogP contribution in [-0.4, -0.2) is 117 Å². The number of carbonyl (C=O) groups excluding carboxylic acids is 5. The highest BCUT2D eigenvalue weighted by Gasteiger charge is 2.44. The third kappa shape index (κ3) is 9.82. The fourth-order valence-corrected chi connectivity index (χ4v) is 9.73. The molecule has 3 aromatic carbocycles. The Bertz CT molecular complexity index is 2700. The van der Waals surface area contributed by atoms with Gasteiger partial charge in [-0.15, -0.1) is 0 Å². The molecule has 1 unspecified atom stereocenters. The van der Waals surface area contributed by atoms with Crippen LogP contribution in [0.15, 0.2) is 73.1 Å². The van der Waals surface area contributed by atoms with Crippen LogP contribution in [0.5, 0.6) is 11.5 Å². The van der Waals surface area contributed by atoms with E-state index >= 15 is 0 Å². The normalized spacial score (nSPS) is 19.2. The number of methoxy groups -OCH3 is 2. The quantitative estimate of drug-likeness (QED) is 0.0895. The highest BCUT2D eigenvalue weighted by molar-refractivity contribution is 5.87. The summed E-state index contributed by atoms with van der Waals surface area (Å²) in [5.41, 5.74) is 7.10. The summed E-state index contributed by atoms with van der Waals surface area (Å²) in [6.07, 6.45) is 4.01. The van der Waals surface area contributed by atoms with Crippen molar-refractivity contribution in [2.24, 2.45) is 11.8 Å². The SMILES string of the molecule is COC(=O)NC(C(=O)N1CCCC[C@H]1c1nc(-c2ccc(-c3ccc(-c4c[nH]c([C@@H]5C[C@H](OC(=O)N6Cc7cc8c(cc7C6)OCO8)CN5C(=O)[C@@H](NC(=O)OC)C(C)C)n4)cc3)cc2)c[nH]1)C(C)C. The van der Waals surface area contributed by atoms with Gasteiger partial charge in [0.25, 0.3) is 0 Å². The molecule has 19 nitrogen and oxygen atoms in total. The van der Waals surface area contributed by atoms with Gasteiger partial charge >= 0.3 is 18.3 Å². The van der Waals surface area contributed by atoms with Gasteiger partial charge in [0, 0.05) is 49.6 Å². The average Bonchev–Trinajstić information content (AvgIpc) is 4.24. The summed E-state index contributed by atoms with van der Waals surface area (Å²) >= 11 is 0. The Morgan fingerprint density at radius 1 is 0.671 bits per heavy atom. The van der Waals surface area contributed by atoms with Crippen LogP contribution < -0.4 is 20.1 Å². The molecule has 0 aliphatic carbocycles. The van der Waals surface area contributed by atoms with Gasteiger partial charge in [0.05, 0.1) is 44.2 Å². The second-order valence-corrected chi connectivity index (χ2v) is 18.8. The summed E-state index contributed by atoms with van der Waals surface area (Å²) < 4.78 is 26.8. The van der Waals surface area contributed by atoms with Crippen molar-refractivity contribution in [2.75, 3.05) is 34.1 Å². The lowest BCUT2D eigenvalue weighted by Crippen LogP contribution is -2.53. The van der Waals surface area contributed by atoms with Crippen LogP contribution in [0, 0.1) is 11.8 Å². The van der Waals surface area contributed by atoms with Gasteiger partial charge in [-0.05, 0) is 65.5 Å². The van der Waals surface area contributed by atoms with Crippen molar-refractivity contribution in [1.29, 1.82) is 0 Å². The van der Waals surface area contributed by atoms with E-state index in [4.69, 9.17) is 33.7 Å². The number of likely N-dealkylation sites (tertiary alicyclic amines) is 2. The first kappa shape index (κ1) is 47.5. The summed E-state index contributed by atoms with van der Waals surface area (Å²) in [5, 5.41) is 5.40. The zero-order valence-corrected chi connectivity index (χ0v) is 40.2. The highest BCUT2D eigenvalue weighted by atomic mass is 16.7. The summed E-state index contributed by atoms with van der Waals surface area (Å²) in [6.45, 7) is 9.01. The summed E-state index contributed by atoms with van der Waals surface area (Å²) in [4.78, 5) is 87.7. The number of hydrogen-bond donors (Lipinski definition) is 4. The largest absolute Gasteiger partial charge is 0.454 e.